The Hall–Kier alpha value is -2.08. The highest BCUT2D eigenvalue weighted by Gasteiger charge is 2.11. The van der Waals surface area contributed by atoms with E-state index in [1.807, 2.05) is 0 Å². The van der Waals surface area contributed by atoms with Crippen molar-refractivity contribution in [3.05, 3.63) is 52.6 Å². The first-order valence-electron chi connectivity index (χ1n) is 5.22. The van der Waals surface area contributed by atoms with E-state index in [1.54, 1.807) is 6.92 Å². The van der Waals surface area contributed by atoms with Gasteiger partial charge in [0.05, 0.1) is 0 Å². The number of nitrogens with zero attached hydrogens (tertiary/aromatic N) is 2. The summed E-state index contributed by atoms with van der Waals surface area (Å²) in [6.45, 7) is 1.65. The molecule has 19 heavy (non-hydrogen) atoms. The van der Waals surface area contributed by atoms with E-state index in [9.17, 15) is 13.6 Å². The first-order valence-corrected chi connectivity index (χ1v) is 5.60. The number of carbonyl (C=O) groups excluding carboxylic acids is 1. The fraction of sp³-hybridized carbons (Fsp3) is 0.0833. The molecule has 2 rings (SSSR count). The number of benzene rings is 1. The summed E-state index contributed by atoms with van der Waals surface area (Å²) in [4.78, 5) is 19.4. The summed E-state index contributed by atoms with van der Waals surface area (Å²) in [5.41, 5.74) is 0.521. The number of anilines is 1. The van der Waals surface area contributed by atoms with E-state index in [1.165, 1.54) is 6.07 Å². The van der Waals surface area contributed by atoms with Crippen LogP contribution in [0.2, 0.25) is 5.28 Å². The Labute approximate surface area is 112 Å². The van der Waals surface area contributed by atoms with Gasteiger partial charge in [0.2, 0.25) is 5.28 Å². The average molecular weight is 284 g/mol. The van der Waals surface area contributed by atoms with Gasteiger partial charge in [0.25, 0.3) is 5.91 Å². The van der Waals surface area contributed by atoms with Gasteiger partial charge in [0.15, 0.2) is 0 Å². The van der Waals surface area contributed by atoms with Crippen LogP contribution in [0.3, 0.4) is 0 Å². The number of hydrogen-bond donors (Lipinski definition) is 1. The highest BCUT2D eigenvalue weighted by Crippen LogP contribution is 2.14. The molecule has 0 aliphatic heterocycles. The topological polar surface area (TPSA) is 54.9 Å². The monoisotopic (exact) mass is 283 g/mol. The first-order chi connectivity index (χ1) is 8.94. The maximum atomic E-state index is 13.0. The molecule has 0 radical (unpaired) electrons. The molecule has 0 saturated carbocycles. The highest BCUT2D eigenvalue weighted by molar-refractivity contribution is 6.28. The Bertz CT molecular complexity index is 608. The molecular formula is C12H8ClF2N3O. The molecule has 0 spiro atoms. The molecule has 0 atom stereocenters. The Morgan fingerprint density at radius 3 is 2.37 bits per heavy atom. The molecule has 0 saturated heterocycles. The number of amides is 1. The zero-order valence-corrected chi connectivity index (χ0v) is 10.5. The molecule has 1 amide bonds. The smallest absolute Gasteiger partial charge is 0.274 e. The molecule has 98 valence electrons. The second-order valence-corrected chi connectivity index (χ2v) is 4.11. The second-order valence-electron chi connectivity index (χ2n) is 3.78. The van der Waals surface area contributed by atoms with E-state index >= 15 is 0 Å². The van der Waals surface area contributed by atoms with Crippen LogP contribution in [0.1, 0.15) is 16.2 Å². The van der Waals surface area contributed by atoms with E-state index < -0.39 is 17.5 Å². The van der Waals surface area contributed by atoms with Crippen molar-refractivity contribution < 1.29 is 13.6 Å². The Morgan fingerprint density at radius 2 is 1.79 bits per heavy atom. The predicted octanol–water partition coefficient (Wildman–Crippen LogP) is 2.97. The van der Waals surface area contributed by atoms with Gasteiger partial charge in [-0.05, 0) is 36.7 Å². The van der Waals surface area contributed by atoms with E-state index in [2.05, 4.69) is 15.3 Å². The minimum absolute atomic E-state index is 0.00473. The molecule has 1 N–H and O–H groups in total. The quantitative estimate of drug-likeness (QED) is 0.862. The van der Waals surface area contributed by atoms with Crippen molar-refractivity contribution in [1.82, 2.24) is 9.97 Å². The summed E-state index contributed by atoms with van der Waals surface area (Å²) < 4.78 is 25.9. The lowest BCUT2D eigenvalue weighted by atomic mass is 10.2. The van der Waals surface area contributed by atoms with Crippen molar-refractivity contribution in [2.75, 3.05) is 5.32 Å². The summed E-state index contributed by atoms with van der Waals surface area (Å²) in [6, 6.07) is 4.12. The van der Waals surface area contributed by atoms with Crippen molar-refractivity contribution in [2.45, 2.75) is 6.92 Å². The third kappa shape index (κ3) is 3.45. The van der Waals surface area contributed by atoms with E-state index in [-0.39, 0.29) is 16.7 Å². The lowest BCUT2D eigenvalue weighted by molar-refractivity contribution is 0.102. The summed E-state index contributed by atoms with van der Waals surface area (Å²) in [5.74, 6) is -2.20. The lowest BCUT2D eigenvalue weighted by Crippen LogP contribution is -2.14. The number of aryl methyl sites for hydroxylation is 1. The average Bonchev–Trinajstić information content (AvgIpc) is 2.25. The van der Waals surface area contributed by atoms with Crippen molar-refractivity contribution in [2.24, 2.45) is 0 Å². The van der Waals surface area contributed by atoms with Gasteiger partial charge >= 0.3 is 0 Å². The Morgan fingerprint density at radius 1 is 1.16 bits per heavy atom. The number of hydrogen-bond acceptors (Lipinski definition) is 3. The van der Waals surface area contributed by atoms with Crippen molar-refractivity contribution >= 4 is 23.2 Å². The lowest BCUT2D eigenvalue weighted by Gasteiger charge is -2.06. The van der Waals surface area contributed by atoms with Crippen molar-refractivity contribution in [3.8, 4) is 0 Å². The third-order valence-corrected chi connectivity index (χ3v) is 2.35. The fourth-order valence-corrected chi connectivity index (χ4v) is 1.69. The van der Waals surface area contributed by atoms with Crippen LogP contribution in [-0.2, 0) is 0 Å². The molecule has 2 aromatic rings. The van der Waals surface area contributed by atoms with Gasteiger partial charge in [-0.3, -0.25) is 4.79 Å². The predicted molar refractivity (Wildman–Crippen MR) is 66.1 cm³/mol. The molecule has 7 heteroatoms. The van der Waals surface area contributed by atoms with Gasteiger partial charge in [0.1, 0.15) is 17.3 Å². The Balaban J connectivity index is 2.25. The van der Waals surface area contributed by atoms with Gasteiger partial charge < -0.3 is 5.32 Å². The standard InChI is InChI=1S/C12H8ClF2N3O/c1-6-2-10(18-12(13)16-6)11(19)17-9-4-7(14)3-8(15)5-9/h2-5H,1H3,(H,17,19). The van der Waals surface area contributed by atoms with Crippen LogP contribution in [-0.4, -0.2) is 15.9 Å². The minimum atomic E-state index is -0.785. The maximum Gasteiger partial charge on any atom is 0.274 e. The van der Waals surface area contributed by atoms with Crippen LogP contribution in [0.4, 0.5) is 14.5 Å². The third-order valence-electron chi connectivity index (χ3n) is 2.18. The summed E-state index contributed by atoms with van der Waals surface area (Å²) in [7, 11) is 0. The number of aromatic nitrogens is 2. The summed E-state index contributed by atoms with van der Waals surface area (Å²) >= 11 is 5.63. The fourth-order valence-electron chi connectivity index (χ4n) is 1.47. The molecule has 0 unspecified atom stereocenters. The first kappa shape index (κ1) is 13.4. The summed E-state index contributed by atoms with van der Waals surface area (Å²) in [5, 5.41) is 2.25. The number of rotatable bonds is 2. The molecule has 1 aromatic carbocycles. The number of carbonyl (C=O) groups is 1. The van der Waals surface area contributed by atoms with Crippen molar-refractivity contribution in [1.29, 1.82) is 0 Å². The minimum Gasteiger partial charge on any atom is -0.320 e. The van der Waals surface area contributed by atoms with Crippen LogP contribution in [0.15, 0.2) is 24.3 Å². The van der Waals surface area contributed by atoms with Crippen molar-refractivity contribution in [3.63, 3.8) is 0 Å². The normalized spacial score (nSPS) is 10.3. The zero-order chi connectivity index (χ0) is 14.0. The SMILES string of the molecule is Cc1cc(C(=O)Nc2cc(F)cc(F)c2)nc(Cl)n1. The molecule has 0 aliphatic carbocycles. The van der Waals surface area contributed by atoms with Gasteiger partial charge in [-0.1, -0.05) is 0 Å². The molecular weight excluding hydrogens is 276 g/mol. The Kier molecular flexibility index (Phi) is 3.71. The molecule has 0 bridgehead atoms. The van der Waals surface area contributed by atoms with Crippen LogP contribution in [0.5, 0.6) is 0 Å². The van der Waals surface area contributed by atoms with Crippen LogP contribution >= 0.6 is 11.6 Å². The van der Waals surface area contributed by atoms with Crippen LogP contribution in [0.25, 0.3) is 0 Å². The van der Waals surface area contributed by atoms with E-state index in [0.29, 0.717) is 11.8 Å². The molecule has 0 aliphatic rings. The van der Waals surface area contributed by atoms with Crippen LogP contribution < -0.4 is 5.32 Å². The molecule has 0 fully saturated rings. The maximum absolute atomic E-state index is 13.0. The summed E-state index contributed by atoms with van der Waals surface area (Å²) in [6.07, 6.45) is 0. The largest absolute Gasteiger partial charge is 0.320 e. The zero-order valence-electron chi connectivity index (χ0n) is 9.75. The van der Waals surface area contributed by atoms with Gasteiger partial charge in [-0.25, -0.2) is 18.7 Å². The molecule has 1 heterocycles. The van der Waals surface area contributed by atoms with E-state index in [4.69, 9.17) is 11.6 Å². The van der Waals surface area contributed by atoms with E-state index in [0.717, 1.165) is 12.1 Å². The number of halogens is 3. The number of nitrogens with one attached hydrogen (secondary N) is 1. The van der Waals surface area contributed by atoms with Gasteiger partial charge in [-0.15, -0.1) is 0 Å². The van der Waals surface area contributed by atoms with Gasteiger partial charge in [-0.2, -0.15) is 0 Å². The second kappa shape index (κ2) is 5.27. The van der Waals surface area contributed by atoms with Gasteiger partial charge in [0, 0.05) is 17.4 Å². The molecule has 4 nitrogen and oxygen atoms in total. The van der Waals surface area contributed by atoms with Crippen LogP contribution in [0, 0.1) is 18.6 Å². The molecule has 1 aromatic heterocycles. The highest BCUT2D eigenvalue weighted by atomic mass is 35.5.